The maximum atomic E-state index is 10.8. The number of aliphatic carboxylic acids is 1. The van der Waals surface area contributed by atoms with Crippen LogP contribution in [0.15, 0.2) is 12.1 Å². The number of carboxylic acid groups (broad SMARTS) is 1. The molecule has 0 heterocycles. The van der Waals surface area contributed by atoms with Gasteiger partial charge in [0, 0.05) is 5.69 Å². The van der Waals surface area contributed by atoms with Gasteiger partial charge in [0.2, 0.25) is 0 Å². The molecule has 15 heavy (non-hydrogen) atoms. The topological polar surface area (TPSA) is 86.6 Å². The minimum atomic E-state index is -1.54. The highest BCUT2D eigenvalue weighted by molar-refractivity contribution is 6.36. The zero-order valence-electron chi connectivity index (χ0n) is 8.37. The monoisotopic (exact) mass is 209 g/mol. The van der Waals surface area contributed by atoms with E-state index in [1.165, 1.54) is 12.1 Å². The summed E-state index contributed by atoms with van der Waals surface area (Å²) < 4.78 is 0. The number of carbonyl (C=O) groups excluding carboxylic acids is 1. The molecule has 0 unspecified atom stereocenters. The van der Waals surface area contributed by atoms with E-state index in [9.17, 15) is 14.7 Å². The van der Waals surface area contributed by atoms with Gasteiger partial charge in [-0.2, -0.15) is 0 Å². The van der Waals surface area contributed by atoms with Crippen molar-refractivity contribution in [3.05, 3.63) is 23.3 Å². The molecule has 3 N–H and O–H groups in total. The number of rotatable bonds is 1. The molecule has 1 aromatic carbocycles. The molecule has 1 amide bonds. The minimum absolute atomic E-state index is 0.142. The van der Waals surface area contributed by atoms with Crippen molar-refractivity contribution in [2.75, 3.05) is 5.32 Å². The highest BCUT2D eigenvalue weighted by atomic mass is 16.4. The summed E-state index contributed by atoms with van der Waals surface area (Å²) in [5.74, 6) is -2.50. The number of amides is 1. The van der Waals surface area contributed by atoms with Gasteiger partial charge in [-0.1, -0.05) is 0 Å². The first-order valence-electron chi connectivity index (χ1n) is 4.26. The van der Waals surface area contributed by atoms with Crippen molar-refractivity contribution < 1.29 is 19.8 Å². The lowest BCUT2D eigenvalue weighted by Crippen LogP contribution is -2.21. The first-order valence-corrected chi connectivity index (χ1v) is 4.26. The fraction of sp³-hybridized carbons (Fsp3) is 0.200. The van der Waals surface area contributed by atoms with Crippen LogP contribution in [-0.2, 0) is 9.59 Å². The van der Waals surface area contributed by atoms with E-state index in [1.807, 2.05) is 0 Å². The summed E-state index contributed by atoms with van der Waals surface area (Å²) in [4.78, 5) is 21.1. The number of hydrogen-bond acceptors (Lipinski definition) is 3. The van der Waals surface area contributed by atoms with Crippen molar-refractivity contribution in [3.63, 3.8) is 0 Å². The molecular weight excluding hydrogens is 198 g/mol. The zero-order valence-corrected chi connectivity index (χ0v) is 8.37. The largest absolute Gasteiger partial charge is 0.507 e. The smallest absolute Gasteiger partial charge is 0.394 e. The molecule has 5 heteroatoms. The van der Waals surface area contributed by atoms with Gasteiger partial charge in [-0.3, -0.25) is 4.79 Å². The van der Waals surface area contributed by atoms with Crippen LogP contribution in [0.2, 0.25) is 0 Å². The third-order valence-corrected chi connectivity index (χ3v) is 1.94. The summed E-state index contributed by atoms with van der Waals surface area (Å²) in [5, 5.41) is 20.0. The third kappa shape index (κ3) is 2.46. The normalized spacial score (nSPS) is 9.73. The summed E-state index contributed by atoms with van der Waals surface area (Å²) in [6, 6.07) is 3.01. The van der Waals surface area contributed by atoms with E-state index >= 15 is 0 Å². The van der Waals surface area contributed by atoms with E-state index in [2.05, 4.69) is 5.32 Å². The zero-order chi connectivity index (χ0) is 11.6. The van der Waals surface area contributed by atoms with Crippen molar-refractivity contribution in [2.24, 2.45) is 0 Å². The van der Waals surface area contributed by atoms with Gasteiger partial charge >= 0.3 is 11.9 Å². The fourth-order valence-corrected chi connectivity index (χ4v) is 1.21. The number of benzene rings is 1. The summed E-state index contributed by atoms with van der Waals surface area (Å²) in [6.45, 7) is 3.33. The van der Waals surface area contributed by atoms with Gasteiger partial charge in [-0.05, 0) is 37.1 Å². The van der Waals surface area contributed by atoms with Gasteiger partial charge in [-0.25, -0.2) is 4.79 Å². The van der Waals surface area contributed by atoms with Gasteiger partial charge in [-0.15, -0.1) is 0 Å². The van der Waals surface area contributed by atoms with Crippen molar-refractivity contribution >= 4 is 17.6 Å². The van der Waals surface area contributed by atoms with Gasteiger partial charge in [0.25, 0.3) is 0 Å². The number of phenolic OH excluding ortho intramolecular Hbond substituents is 1. The van der Waals surface area contributed by atoms with Crippen LogP contribution in [0, 0.1) is 13.8 Å². The summed E-state index contributed by atoms with van der Waals surface area (Å²) in [6.07, 6.45) is 0. The molecule has 0 spiro atoms. The van der Waals surface area contributed by atoms with Crippen LogP contribution in [0.4, 0.5) is 5.69 Å². The van der Waals surface area contributed by atoms with Crippen LogP contribution < -0.4 is 5.32 Å². The van der Waals surface area contributed by atoms with Gasteiger partial charge in [0.15, 0.2) is 0 Å². The van der Waals surface area contributed by atoms with E-state index in [1.54, 1.807) is 13.8 Å². The van der Waals surface area contributed by atoms with Crippen LogP contribution in [0.25, 0.3) is 0 Å². The summed E-state index contributed by atoms with van der Waals surface area (Å²) in [5.41, 5.74) is 1.52. The predicted octanol–water partition coefficient (Wildman–Crippen LogP) is 1.03. The first-order chi connectivity index (χ1) is 6.91. The van der Waals surface area contributed by atoms with E-state index in [0.717, 1.165) is 0 Å². The lowest BCUT2D eigenvalue weighted by atomic mass is 10.1. The Bertz CT molecular complexity index is 402. The molecule has 0 saturated carbocycles. The minimum Gasteiger partial charge on any atom is -0.507 e. The Balaban J connectivity index is 2.98. The Morgan fingerprint density at radius 2 is 1.67 bits per heavy atom. The molecule has 0 bridgehead atoms. The first kappa shape index (κ1) is 11.0. The molecular formula is C10H11NO4. The van der Waals surface area contributed by atoms with Crippen LogP contribution in [0.5, 0.6) is 5.75 Å². The second kappa shape index (κ2) is 4.00. The van der Waals surface area contributed by atoms with Gasteiger partial charge in [0.05, 0.1) is 0 Å². The quantitative estimate of drug-likeness (QED) is 0.476. The van der Waals surface area contributed by atoms with Gasteiger partial charge < -0.3 is 15.5 Å². The molecule has 1 aromatic rings. The average Bonchev–Trinajstić information content (AvgIpc) is 2.13. The molecule has 0 aliphatic carbocycles. The Hall–Kier alpha value is -2.04. The van der Waals surface area contributed by atoms with Crippen molar-refractivity contribution in [2.45, 2.75) is 13.8 Å². The molecule has 5 nitrogen and oxygen atoms in total. The maximum absolute atomic E-state index is 10.8. The molecule has 0 atom stereocenters. The molecule has 0 fully saturated rings. The molecule has 0 radical (unpaired) electrons. The number of carboxylic acids is 1. The Kier molecular flexibility index (Phi) is 2.94. The second-order valence-electron chi connectivity index (χ2n) is 3.22. The highest BCUT2D eigenvalue weighted by Crippen LogP contribution is 2.25. The van der Waals surface area contributed by atoms with E-state index in [-0.39, 0.29) is 5.75 Å². The van der Waals surface area contributed by atoms with E-state index < -0.39 is 11.9 Å². The molecule has 0 saturated heterocycles. The average molecular weight is 209 g/mol. The Morgan fingerprint density at radius 3 is 2.07 bits per heavy atom. The molecule has 0 aromatic heterocycles. The van der Waals surface area contributed by atoms with Crippen molar-refractivity contribution in [3.8, 4) is 5.75 Å². The highest BCUT2D eigenvalue weighted by Gasteiger charge is 2.12. The molecule has 0 aliphatic rings. The molecule has 80 valence electrons. The molecule has 1 rings (SSSR count). The SMILES string of the molecule is Cc1cc(NC(=O)C(=O)O)cc(C)c1O. The maximum Gasteiger partial charge on any atom is 0.394 e. The fourth-order valence-electron chi connectivity index (χ4n) is 1.21. The third-order valence-electron chi connectivity index (χ3n) is 1.94. The number of hydrogen-bond donors (Lipinski definition) is 3. The van der Waals surface area contributed by atoms with Crippen LogP contribution in [0.1, 0.15) is 11.1 Å². The Labute approximate surface area is 86.4 Å². The Morgan fingerprint density at radius 1 is 1.20 bits per heavy atom. The molecule has 0 aliphatic heterocycles. The van der Waals surface area contributed by atoms with Crippen LogP contribution >= 0.6 is 0 Å². The van der Waals surface area contributed by atoms with E-state index in [0.29, 0.717) is 16.8 Å². The van der Waals surface area contributed by atoms with Crippen LogP contribution in [0.3, 0.4) is 0 Å². The number of phenols is 1. The summed E-state index contributed by atoms with van der Waals surface area (Å²) in [7, 11) is 0. The number of carbonyl (C=O) groups is 2. The van der Waals surface area contributed by atoms with Crippen LogP contribution in [-0.4, -0.2) is 22.1 Å². The standard InChI is InChI=1S/C10H11NO4/c1-5-3-7(4-6(2)8(5)12)11-9(13)10(14)15/h3-4,12H,1-2H3,(H,11,13)(H,14,15). The van der Waals surface area contributed by atoms with Crippen molar-refractivity contribution in [1.29, 1.82) is 0 Å². The van der Waals surface area contributed by atoms with E-state index in [4.69, 9.17) is 5.11 Å². The van der Waals surface area contributed by atoms with Gasteiger partial charge in [0.1, 0.15) is 5.75 Å². The predicted molar refractivity (Wildman–Crippen MR) is 53.8 cm³/mol. The second-order valence-corrected chi connectivity index (χ2v) is 3.22. The number of aryl methyl sites for hydroxylation is 2. The summed E-state index contributed by atoms with van der Waals surface area (Å²) >= 11 is 0. The number of nitrogens with one attached hydrogen (secondary N) is 1. The lowest BCUT2D eigenvalue weighted by Gasteiger charge is -2.07. The number of aromatic hydroxyl groups is 1. The lowest BCUT2D eigenvalue weighted by molar-refractivity contribution is -0.147. The van der Waals surface area contributed by atoms with Crippen molar-refractivity contribution in [1.82, 2.24) is 0 Å². The number of anilines is 1.